The molecule has 0 atom stereocenters. The maximum Gasteiger partial charge on any atom is 0.434 e. The van der Waals surface area contributed by atoms with Crippen molar-refractivity contribution in [3.8, 4) is 5.69 Å². The van der Waals surface area contributed by atoms with Crippen LogP contribution in [0.5, 0.6) is 0 Å². The van der Waals surface area contributed by atoms with E-state index >= 15 is 0 Å². The lowest BCUT2D eigenvalue weighted by Crippen LogP contribution is -2.31. The molecule has 0 saturated heterocycles. The predicted octanol–water partition coefficient (Wildman–Crippen LogP) is 3.85. The predicted molar refractivity (Wildman–Crippen MR) is 94.4 cm³/mol. The SMILES string of the molecule is CN(CC1CCCC1)C(=O)c1ccc(-n2ncc(C(=O)O)c2C(F)(F)F)cc1. The van der Waals surface area contributed by atoms with Crippen LogP contribution >= 0.6 is 0 Å². The van der Waals surface area contributed by atoms with E-state index < -0.39 is 23.4 Å². The second kappa shape index (κ2) is 7.65. The molecule has 1 fully saturated rings. The number of aromatic nitrogens is 2. The molecule has 1 aromatic carbocycles. The van der Waals surface area contributed by atoms with Gasteiger partial charge in [0.25, 0.3) is 5.91 Å². The van der Waals surface area contributed by atoms with Gasteiger partial charge in [0, 0.05) is 19.2 Å². The van der Waals surface area contributed by atoms with Gasteiger partial charge in [-0.25, -0.2) is 9.48 Å². The molecular weight excluding hydrogens is 375 g/mol. The number of carbonyl (C=O) groups excluding carboxylic acids is 1. The third-order valence-electron chi connectivity index (χ3n) is 4.98. The number of hydrogen-bond acceptors (Lipinski definition) is 3. The van der Waals surface area contributed by atoms with E-state index in [1.54, 1.807) is 11.9 Å². The van der Waals surface area contributed by atoms with Gasteiger partial charge in [0.1, 0.15) is 5.56 Å². The van der Waals surface area contributed by atoms with Crippen LogP contribution in [0.4, 0.5) is 13.2 Å². The zero-order chi connectivity index (χ0) is 20.5. The molecule has 9 heteroatoms. The normalized spacial score (nSPS) is 15.0. The average Bonchev–Trinajstić information content (AvgIpc) is 3.30. The van der Waals surface area contributed by atoms with Crippen LogP contribution in [0.1, 0.15) is 52.1 Å². The van der Waals surface area contributed by atoms with Gasteiger partial charge in [-0.3, -0.25) is 4.79 Å². The molecule has 2 aromatic rings. The highest BCUT2D eigenvalue weighted by atomic mass is 19.4. The van der Waals surface area contributed by atoms with Crippen LogP contribution in [-0.2, 0) is 6.18 Å². The molecule has 3 rings (SSSR count). The Morgan fingerprint density at radius 2 is 1.82 bits per heavy atom. The molecule has 1 amide bonds. The Morgan fingerprint density at radius 1 is 1.21 bits per heavy atom. The highest BCUT2D eigenvalue weighted by Gasteiger charge is 2.40. The molecule has 6 nitrogen and oxygen atoms in total. The minimum Gasteiger partial charge on any atom is -0.478 e. The quantitative estimate of drug-likeness (QED) is 0.834. The van der Waals surface area contributed by atoms with Crippen molar-refractivity contribution in [2.24, 2.45) is 5.92 Å². The lowest BCUT2D eigenvalue weighted by atomic mass is 10.1. The highest BCUT2D eigenvalue weighted by molar-refractivity contribution is 5.94. The van der Waals surface area contributed by atoms with Gasteiger partial charge in [0.05, 0.1) is 11.9 Å². The Balaban J connectivity index is 1.83. The van der Waals surface area contributed by atoms with Crippen LogP contribution in [0, 0.1) is 5.92 Å². The van der Waals surface area contributed by atoms with Crippen LogP contribution in [0.3, 0.4) is 0 Å². The van der Waals surface area contributed by atoms with Gasteiger partial charge in [0.2, 0.25) is 0 Å². The third-order valence-corrected chi connectivity index (χ3v) is 4.98. The maximum absolute atomic E-state index is 13.3. The number of rotatable bonds is 5. The molecule has 0 spiro atoms. The second-order valence-corrected chi connectivity index (χ2v) is 7.00. The van der Waals surface area contributed by atoms with Gasteiger partial charge in [-0.15, -0.1) is 0 Å². The summed E-state index contributed by atoms with van der Waals surface area (Å²) in [5, 5.41) is 12.6. The molecule has 28 heavy (non-hydrogen) atoms. The fourth-order valence-electron chi connectivity index (χ4n) is 3.60. The van der Waals surface area contributed by atoms with Crippen LogP contribution in [-0.4, -0.2) is 45.3 Å². The first-order chi connectivity index (χ1) is 13.2. The van der Waals surface area contributed by atoms with Gasteiger partial charge in [-0.05, 0) is 43.0 Å². The monoisotopic (exact) mass is 395 g/mol. The van der Waals surface area contributed by atoms with Crippen molar-refractivity contribution in [2.45, 2.75) is 31.9 Å². The second-order valence-electron chi connectivity index (χ2n) is 7.00. The zero-order valence-electron chi connectivity index (χ0n) is 15.2. The molecular formula is C19H20F3N3O3. The Morgan fingerprint density at radius 3 is 2.36 bits per heavy atom. The van der Waals surface area contributed by atoms with E-state index in [-0.39, 0.29) is 11.6 Å². The first-order valence-corrected chi connectivity index (χ1v) is 8.93. The number of amides is 1. The summed E-state index contributed by atoms with van der Waals surface area (Å²) in [6.45, 7) is 0.653. The number of benzene rings is 1. The molecule has 1 aromatic heterocycles. The summed E-state index contributed by atoms with van der Waals surface area (Å²) in [5.41, 5.74) is -1.92. The van der Waals surface area contributed by atoms with Crippen molar-refractivity contribution in [1.82, 2.24) is 14.7 Å². The van der Waals surface area contributed by atoms with Crippen molar-refractivity contribution >= 4 is 11.9 Å². The van der Waals surface area contributed by atoms with Crippen LogP contribution in [0.2, 0.25) is 0 Å². The van der Waals surface area contributed by atoms with E-state index in [0.717, 1.165) is 12.8 Å². The molecule has 1 aliphatic carbocycles. The summed E-state index contributed by atoms with van der Waals surface area (Å²) in [6.07, 6.45) is 0.319. The van der Waals surface area contributed by atoms with Crippen molar-refractivity contribution < 1.29 is 27.9 Å². The molecule has 1 heterocycles. The Kier molecular flexibility index (Phi) is 5.44. The standard InChI is InChI=1S/C19H20F3N3O3/c1-24(11-12-4-2-3-5-12)17(26)13-6-8-14(9-7-13)25-16(19(20,21)22)15(10-23-25)18(27)28/h6-10,12H,2-5,11H2,1H3,(H,27,28). The summed E-state index contributed by atoms with van der Waals surface area (Å²) in [6, 6.07) is 5.49. The number of alkyl halides is 3. The number of carboxylic acids is 1. The first-order valence-electron chi connectivity index (χ1n) is 8.93. The molecule has 0 bridgehead atoms. The fraction of sp³-hybridized carbons (Fsp3) is 0.421. The minimum absolute atomic E-state index is 0.0230. The van der Waals surface area contributed by atoms with Gasteiger partial charge in [0.15, 0.2) is 5.69 Å². The minimum atomic E-state index is -4.89. The summed E-state index contributed by atoms with van der Waals surface area (Å²) < 4.78 is 40.5. The molecule has 0 unspecified atom stereocenters. The summed E-state index contributed by atoms with van der Waals surface area (Å²) >= 11 is 0. The van der Waals surface area contributed by atoms with E-state index in [9.17, 15) is 22.8 Å². The van der Waals surface area contributed by atoms with Crippen molar-refractivity contribution in [3.63, 3.8) is 0 Å². The Hall–Kier alpha value is -2.84. The number of carboxylic acid groups (broad SMARTS) is 1. The number of aromatic carboxylic acids is 1. The number of carbonyl (C=O) groups is 2. The average molecular weight is 395 g/mol. The largest absolute Gasteiger partial charge is 0.478 e. The van der Waals surface area contributed by atoms with Gasteiger partial charge < -0.3 is 10.0 Å². The molecule has 0 radical (unpaired) electrons. The van der Waals surface area contributed by atoms with Crippen molar-refractivity contribution in [1.29, 1.82) is 0 Å². The maximum atomic E-state index is 13.3. The van der Waals surface area contributed by atoms with E-state index in [1.807, 2.05) is 0 Å². The van der Waals surface area contributed by atoms with E-state index in [1.165, 1.54) is 37.1 Å². The van der Waals surface area contributed by atoms with Gasteiger partial charge >= 0.3 is 12.1 Å². The molecule has 150 valence electrons. The van der Waals surface area contributed by atoms with Crippen LogP contribution < -0.4 is 0 Å². The van der Waals surface area contributed by atoms with Gasteiger partial charge in [-0.1, -0.05) is 12.8 Å². The summed E-state index contributed by atoms with van der Waals surface area (Å²) in [5.74, 6) is -1.43. The lowest BCUT2D eigenvalue weighted by Gasteiger charge is -2.21. The van der Waals surface area contributed by atoms with Crippen LogP contribution in [0.25, 0.3) is 5.69 Å². The highest BCUT2D eigenvalue weighted by Crippen LogP contribution is 2.33. The molecule has 1 N–H and O–H groups in total. The Labute approximate surface area is 159 Å². The topological polar surface area (TPSA) is 75.4 Å². The number of hydrogen-bond donors (Lipinski definition) is 1. The number of nitrogens with zero attached hydrogens (tertiary/aromatic N) is 3. The van der Waals surface area contributed by atoms with Crippen LogP contribution in [0.15, 0.2) is 30.5 Å². The summed E-state index contributed by atoms with van der Waals surface area (Å²) in [4.78, 5) is 25.2. The van der Waals surface area contributed by atoms with E-state index in [4.69, 9.17) is 5.11 Å². The van der Waals surface area contributed by atoms with Gasteiger partial charge in [-0.2, -0.15) is 18.3 Å². The number of halogens is 3. The van der Waals surface area contributed by atoms with E-state index in [2.05, 4.69) is 5.10 Å². The summed E-state index contributed by atoms with van der Waals surface area (Å²) in [7, 11) is 1.71. The zero-order valence-corrected chi connectivity index (χ0v) is 15.2. The molecule has 1 saturated carbocycles. The smallest absolute Gasteiger partial charge is 0.434 e. The third kappa shape index (κ3) is 4.02. The first kappa shape index (κ1) is 19.9. The fourth-order valence-corrected chi connectivity index (χ4v) is 3.60. The Bertz CT molecular complexity index is 869. The lowest BCUT2D eigenvalue weighted by molar-refractivity contribution is -0.143. The molecule has 1 aliphatic rings. The molecule has 0 aliphatic heterocycles. The van der Waals surface area contributed by atoms with E-state index in [0.29, 0.717) is 28.9 Å². The van der Waals surface area contributed by atoms with Crippen molar-refractivity contribution in [3.05, 3.63) is 47.3 Å². The van der Waals surface area contributed by atoms with Crippen molar-refractivity contribution in [2.75, 3.05) is 13.6 Å².